The van der Waals surface area contributed by atoms with Crippen LogP contribution in [-0.4, -0.2) is 43.1 Å². The molecule has 1 unspecified atom stereocenters. The number of nitrogens with one attached hydrogen (secondary N) is 1. The van der Waals surface area contributed by atoms with Crippen LogP contribution in [0.1, 0.15) is 13.3 Å². The van der Waals surface area contributed by atoms with Crippen LogP contribution in [-0.2, 0) is 9.53 Å². The van der Waals surface area contributed by atoms with Crippen molar-refractivity contribution in [2.75, 3.05) is 20.2 Å². The Labute approximate surface area is 77.0 Å². The molecule has 0 saturated carbocycles. The summed E-state index contributed by atoms with van der Waals surface area (Å²) >= 11 is 0. The van der Waals surface area contributed by atoms with E-state index in [2.05, 4.69) is 10.1 Å². The zero-order valence-corrected chi connectivity index (χ0v) is 7.87. The zero-order valence-electron chi connectivity index (χ0n) is 7.87. The van der Waals surface area contributed by atoms with E-state index in [4.69, 9.17) is 0 Å². The number of ether oxygens (including phenoxy) is 1. The third-order valence-corrected chi connectivity index (χ3v) is 2.16. The Hall–Kier alpha value is -1.26. The van der Waals surface area contributed by atoms with Crippen molar-refractivity contribution in [1.82, 2.24) is 10.2 Å². The van der Waals surface area contributed by atoms with Crippen molar-refractivity contribution in [3.63, 3.8) is 0 Å². The molecule has 1 aliphatic heterocycles. The summed E-state index contributed by atoms with van der Waals surface area (Å²) in [6.45, 7) is 3.32. The molecule has 0 spiro atoms. The number of likely N-dealkylation sites (tertiary alicyclic amines) is 1. The molecule has 0 aromatic heterocycles. The van der Waals surface area contributed by atoms with Crippen LogP contribution in [0.2, 0.25) is 0 Å². The lowest BCUT2D eigenvalue weighted by Gasteiger charge is -2.13. The van der Waals surface area contributed by atoms with E-state index < -0.39 is 12.1 Å². The van der Waals surface area contributed by atoms with Crippen molar-refractivity contribution in [1.29, 1.82) is 0 Å². The van der Waals surface area contributed by atoms with Crippen molar-refractivity contribution < 1.29 is 14.3 Å². The summed E-state index contributed by atoms with van der Waals surface area (Å²) in [5, 5.41) is 2.49. The summed E-state index contributed by atoms with van der Waals surface area (Å²) in [6.07, 6.45) is 0.123. The van der Waals surface area contributed by atoms with Crippen LogP contribution in [0.4, 0.5) is 4.79 Å². The SMILES string of the molecule is CCN1CCC(NC(=O)OC)C1=O. The first kappa shape index (κ1) is 9.83. The monoisotopic (exact) mass is 186 g/mol. The van der Waals surface area contributed by atoms with Crippen molar-refractivity contribution in [2.24, 2.45) is 0 Å². The molecule has 1 atom stereocenters. The Balaban J connectivity index is 2.45. The van der Waals surface area contributed by atoms with Gasteiger partial charge in [-0.3, -0.25) is 4.79 Å². The van der Waals surface area contributed by atoms with Gasteiger partial charge in [-0.05, 0) is 13.3 Å². The summed E-state index contributed by atoms with van der Waals surface area (Å²) in [5.41, 5.74) is 0. The Morgan fingerprint density at radius 2 is 2.46 bits per heavy atom. The average molecular weight is 186 g/mol. The Kier molecular flexibility index (Phi) is 3.11. The van der Waals surface area contributed by atoms with Gasteiger partial charge in [0.1, 0.15) is 6.04 Å². The average Bonchev–Trinajstić information content (AvgIpc) is 2.48. The second-order valence-corrected chi connectivity index (χ2v) is 2.90. The van der Waals surface area contributed by atoms with Gasteiger partial charge in [-0.25, -0.2) is 4.79 Å². The highest BCUT2D eigenvalue weighted by molar-refractivity contribution is 5.87. The fourth-order valence-corrected chi connectivity index (χ4v) is 1.39. The smallest absolute Gasteiger partial charge is 0.407 e. The highest BCUT2D eigenvalue weighted by atomic mass is 16.5. The van der Waals surface area contributed by atoms with E-state index >= 15 is 0 Å². The van der Waals surface area contributed by atoms with Crippen LogP contribution >= 0.6 is 0 Å². The maximum Gasteiger partial charge on any atom is 0.407 e. The van der Waals surface area contributed by atoms with E-state index in [9.17, 15) is 9.59 Å². The van der Waals surface area contributed by atoms with Gasteiger partial charge in [-0.15, -0.1) is 0 Å². The van der Waals surface area contributed by atoms with Gasteiger partial charge in [0.25, 0.3) is 0 Å². The standard InChI is InChI=1S/C8H14N2O3/c1-3-10-5-4-6(7(10)11)9-8(12)13-2/h6H,3-5H2,1-2H3,(H,9,12). The number of amides is 2. The van der Waals surface area contributed by atoms with Crippen molar-refractivity contribution in [3.8, 4) is 0 Å². The van der Waals surface area contributed by atoms with Gasteiger partial charge in [-0.1, -0.05) is 0 Å². The quantitative estimate of drug-likeness (QED) is 0.658. The largest absolute Gasteiger partial charge is 0.453 e. The third kappa shape index (κ3) is 2.11. The molecule has 74 valence electrons. The molecule has 2 amide bonds. The molecule has 5 nitrogen and oxygen atoms in total. The van der Waals surface area contributed by atoms with Gasteiger partial charge < -0.3 is 15.0 Å². The molecule has 0 bridgehead atoms. The molecule has 1 aliphatic rings. The number of alkyl carbamates (subject to hydrolysis) is 1. The zero-order chi connectivity index (χ0) is 9.84. The van der Waals surface area contributed by atoms with E-state index in [0.717, 1.165) is 0 Å². The first-order chi connectivity index (χ1) is 6.19. The molecule has 0 aromatic carbocycles. The predicted octanol–water partition coefficient (Wildman–Crippen LogP) is -0.0368. The minimum atomic E-state index is -0.545. The molecular weight excluding hydrogens is 172 g/mol. The second kappa shape index (κ2) is 4.11. The van der Waals surface area contributed by atoms with Crippen LogP contribution in [0.3, 0.4) is 0 Å². The van der Waals surface area contributed by atoms with Gasteiger partial charge in [0.05, 0.1) is 7.11 Å². The lowest BCUT2D eigenvalue weighted by Crippen LogP contribution is -2.41. The van der Waals surface area contributed by atoms with Gasteiger partial charge >= 0.3 is 6.09 Å². The summed E-state index contributed by atoms with van der Waals surface area (Å²) in [4.78, 5) is 24.0. The maximum absolute atomic E-state index is 11.4. The fourth-order valence-electron chi connectivity index (χ4n) is 1.39. The molecule has 1 saturated heterocycles. The summed E-state index contributed by atoms with van der Waals surface area (Å²) in [7, 11) is 1.28. The summed E-state index contributed by atoms with van der Waals surface area (Å²) < 4.78 is 4.41. The molecule has 1 rings (SSSR count). The van der Waals surface area contributed by atoms with Gasteiger partial charge in [0.15, 0.2) is 0 Å². The molecule has 0 radical (unpaired) electrons. The number of carbonyl (C=O) groups is 2. The highest BCUT2D eigenvalue weighted by Crippen LogP contribution is 2.10. The molecular formula is C8H14N2O3. The van der Waals surface area contributed by atoms with E-state index in [1.807, 2.05) is 6.92 Å². The van der Waals surface area contributed by atoms with E-state index in [1.165, 1.54) is 7.11 Å². The van der Waals surface area contributed by atoms with E-state index in [1.54, 1.807) is 4.90 Å². The second-order valence-electron chi connectivity index (χ2n) is 2.90. The van der Waals surface area contributed by atoms with Crippen molar-refractivity contribution in [2.45, 2.75) is 19.4 Å². The molecule has 13 heavy (non-hydrogen) atoms. The molecule has 1 N–H and O–H groups in total. The van der Waals surface area contributed by atoms with Crippen LogP contribution in [0.5, 0.6) is 0 Å². The van der Waals surface area contributed by atoms with Crippen molar-refractivity contribution in [3.05, 3.63) is 0 Å². The number of methoxy groups -OCH3 is 1. The van der Waals surface area contributed by atoms with Crippen LogP contribution < -0.4 is 5.32 Å². The van der Waals surface area contributed by atoms with Gasteiger partial charge in [0, 0.05) is 13.1 Å². The summed E-state index contributed by atoms with van der Waals surface area (Å²) in [6, 6.07) is -0.396. The topological polar surface area (TPSA) is 58.6 Å². The number of hydrogen-bond donors (Lipinski definition) is 1. The molecule has 5 heteroatoms. The Morgan fingerprint density at radius 3 is 2.92 bits per heavy atom. The fraction of sp³-hybridized carbons (Fsp3) is 0.750. The van der Waals surface area contributed by atoms with Gasteiger partial charge in [0.2, 0.25) is 5.91 Å². The first-order valence-electron chi connectivity index (χ1n) is 4.32. The molecule has 1 heterocycles. The van der Waals surface area contributed by atoms with Crippen LogP contribution in [0.15, 0.2) is 0 Å². The molecule has 1 fully saturated rings. The molecule has 0 aromatic rings. The first-order valence-corrected chi connectivity index (χ1v) is 4.32. The number of nitrogens with zero attached hydrogens (tertiary/aromatic N) is 1. The normalized spacial score (nSPS) is 21.8. The lowest BCUT2D eigenvalue weighted by molar-refractivity contribution is -0.129. The summed E-state index contributed by atoms with van der Waals surface area (Å²) in [5.74, 6) is -0.0205. The highest BCUT2D eigenvalue weighted by Gasteiger charge is 2.31. The Morgan fingerprint density at radius 1 is 1.77 bits per heavy atom. The number of carbonyl (C=O) groups excluding carboxylic acids is 2. The van der Waals surface area contributed by atoms with Gasteiger partial charge in [-0.2, -0.15) is 0 Å². The Bertz CT molecular complexity index is 217. The lowest BCUT2D eigenvalue weighted by atomic mass is 10.2. The van der Waals surface area contributed by atoms with E-state index in [0.29, 0.717) is 19.5 Å². The number of hydrogen-bond acceptors (Lipinski definition) is 3. The molecule has 0 aliphatic carbocycles. The predicted molar refractivity (Wildman–Crippen MR) is 46.2 cm³/mol. The third-order valence-electron chi connectivity index (χ3n) is 2.16. The minimum absolute atomic E-state index is 0.0205. The van der Waals surface area contributed by atoms with E-state index in [-0.39, 0.29) is 5.91 Å². The van der Waals surface area contributed by atoms with Crippen LogP contribution in [0, 0.1) is 0 Å². The number of likely N-dealkylation sites (N-methyl/N-ethyl adjacent to an activating group) is 1. The van der Waals surface area contributed by atoms with Crippen molar-refractivity contribution >= 4 is 12.0 Å². The minimum Gasteiger partial charge on any atom is -0.453 e. The van der Waals surface area contributed by atoms with Crippen LogP contribution in [0.25, 0.3) is 0 Å². The number of rotatable bonds is 2. The maximum atomic E-state index is 11.4.